The molecule has 1 aliphatic heterocycles. The Bertz CT molecular complexity index is 1050. The summed E-state index contributed by atoms with van der Waals surface area (Å²) in [6.07, 6.45) is -7.37. The fourth-order valence-electron chi connectivity index (χ4n) is 4.13. The molecule has 0 spiro atoms. The molecule has 7 atom stereocenters. The van der Waals surface area contributed by atoms with Gasteiger partial charge in [-0.3, -0.25) is 0 Å². The standard InChI is InChI=1S/C26H36O12/c1-13-21(30)23(32)24(33)26(37-13)36-8-4-5-14-9-17(29)25(19(10-14)35-3)38-20(12-27)22(31)15-6-7-16(28)18(11-15)34-2/h6-7,9-11,13,20-24,26-33H,4-5,8,12H2,1-3H3. The summed E-state index contributed by atoms with van der Waals surface area (Å²) in [5, 5.41) is 70.7. The molecule has 1 heterocycles. The Morgan fingerprint density at radius 3 is 2.29 bits per heavy atom. The van der Waals surface area contributed by atoms with Crippen LogP contribution >= 0.6 is 0 Å². The molecule has 0 aliphatic carbocycles. The third-order valence-corrected chi connectivity index (χ3v) is 6.36. The van der Waals surface area contributed by atoms with Gasteiger partial charge < -0.3 is 59.4 Å². The van der Waals surface area contributed by atoms with Crippen LogP contribution in [0.15, 0.2) is 30.3 Å². The quantitative estimate of drug-likeness (QED) is 0.184. The average molecular weight is 541 g/mol. The summed E-state index contributed by atoms with van der Waals surface area (Å²) in [6.45, 7) is 1.13. The number of ether oxygens (including phenoxy) is 5. The van der Waals surface area contributed by atoms with Crippen molar-refractivity contribution in [1.82, 2.24) is 0 Å². The normalized spacial score (nSPS) is 25.0. The fraction of sp³-hybridized carbons (Fsp3) is 0.538. The molecule has 12 nitrogen and oxygen atoms in total. The van der Waals surface area contributed by atoms with Crippen molar-refractivity contribution in [3.05, 3.63) is 41.5 Å². The second-order valence-electron chi connectivity index (χ2n) is 9.02. The highest BCUT2D eigenvalue weighted by Gasteiger charge is 2.42. The monoisotopic (exact) mass is 540 g/mol. The van der Waals surface area contributed by atoms with E-state index >= 15 is 0 Å². The van der Waals surface area contributed by atoms with Gasteiger partial charge in [0.1, 0.15) is 24.4 Å². The zero-order valence-electron chi connectivity index (χ0n) is 21.4. The first-order valence-corrected chi connectivity index (χ1v) is 12.1. The van der Waals surface area contributed by atoms with Crippen molar-refractivity contribution in [2.75, 3.05) is 27.4 Å². The minimum Gasteiger partial charge on any atom is -0.504 e. The van der Waals surface area contributed by atoms with Crippen LogP contribution in [0.3, 0.4) is 0 Å². The second-order valence-corrected chi connectivity index (χ2v) is 9.02. The number of rotatable bonds is 12. The molecule has 1 fully saturated rings. The number of hydrogen-bond donors (Lipinski definition) is 7. The Labute approximate surface area is 220 Å². The number of benzene rings is 2. The zero-order valence-corrected chi connectivity index (χ0v) is 21.4. The summed E-state index contributed by atoms with van der Waals surface area (Å²) in [7, 11) is 2.75. The summed E-state index contributed by atoms with van der Waals surface area (Å²) in [6, 6.07) is 7.30. The third kappa shape index (κ3) is 6.77. The Kier molecular flexibility index (Phi) is 10.4. The van der Waals surface area contributed by atoms with E-state index in [0.717, 1.165) is 0 Å². The lowest BCUT2D eigenvalue weighted by Crippen LogP contribution is -2.57. The van der Waals surface area contributed by atoms with Crippen LogP contribution in [0.2, 0.25) is 0 Å². The van der Waals surface area contributed by atoms with Crippen LogP contribution in [0, 0.1) is 0 Å². The Morgan fingerprint density at radius 1 is 0.921 bits per heavy atom. The van der Waals surface area contributed by atoms with Crippen LogP contribution < -0.4 is 14.2 Å². The number of hydrogen-bond acceptors (Lipinski definition) is 12. The van der Waals surface area contributed by atoms with Gasteiger partial charge in [0, 0.05) is 0 Å². The maximum atomic E-state index is 10.8. The number of phenolic OH excluding ortho intramolecular Hbond substituents is 2. The highest BCUT2D eigenvalue weighted by Crippen LogP contribution is 2.40. The smallest absolute Gasteiger partial charge is 0.203 e. The average Bonchev–Trinajstić information content (AvgIpc) is 2.91. The summed E-state index contributed by atoms with van der Waals surface area (Å²) in [5.74, 6) is -0.145. The topological polar surface area (TPSA) is 188 Å². The zero-order chi connectivity index (χ0) is 28.0. The number of aliphatic hydroxyl groups is 5. The van der Waals surface area contributed by atoms with Crippen molar-refractivity contribution in [3.63, 3.8) is 0 Å². The van der Waals surface area contributed by atoms with E-state index in [2.05, 4.69) is 0 Å². The van der Waals surface area contributed by atoms with Gasteiger partial charge in [0.05, 0.1) is 33.5 Å². The molecule has 0 radical (unpaired) electrons. The van der Waals surface area contributed by atoms with Crippen molar-refractivity contribution in [2.24, 2.45) is 0 Å². The minimum atomic E-state index is -1.39. The fourth-order valence-corrected chi connectivity index (χ4v) is 4.13. The molecule has 0 amide bonds. The van der Waals surface area contributed by atoms with Gasteiger partial charge in [-0.1, -0.05) is 6.07 Å². The van der Waals surface area contributed by atoms with Gasteiger partial charge in [-0.05, 0) is 55.2 Å². The predicted octanol–water partition coefficient (Wildman–Crippen LogP) is 0.365. The van der Waals surface area contributed by atoms with Crippen molar-refractivity contribution in [2.45, 2.75) is 62.7 Å². The van der Waals surface area contributed by atoms with Gasteiger partial charge in [0.15, 0.2) is 35.4 Å². The number of aliphatic hydroxyl groups excluding tert-OH is 5. The maximum absolute atomic E-state index is 10.8. The van der Waals surface area contributed by atoms with E-state index in [9.17, 15) is 35.7 Å². The van der Waals surface area contributed by atoms with Gasteiger partial charge in [-0.25, -0.2) is 0 Å². The van der Waals surface area contributed by atoms with Crippen LogP contribution in [0.1, 0.15) is 30.6 Å². The van der Waals surface area contributed by atoms with E-state index < -0.39 is 49.5 Å². The Hall–Kier alpha value is -2.84. The van der Waals surface area contributed by atoms with Gasteiger partial charge in [0.2, 0.25) is 5.75 Å². The van der Waals surface area contributed by atoms with Gasteiger partial charge in [-0.15, -0.1) is 0 Å². The molecule has 1 saturated heterocycles. The predicted molar refractivity (Wildman–Crippen MR) is 132 cm³/mol. The van der Waals surface area contributed by atoms with Crippen LogP contribution in [-0.4, -0.2) is 100.0 Å². The number of methoxy groups -OCH3 is 2. The van der Waals surface area contributed by atoms with Crippen molar-refractivity contribution >= 4 is 0 Å². The molecule has 3 rings (SSSR count). The first-order chi connectivity index (χ1) is 18.1. The van der Waals surface area contributed by atoms with Crippen LogP contribution in [0.25, 0.3) is 0 Å². The first-order valence-electron chi connectivity index (χ1n) is 12.1. The van der Waals surface area contributed by atoms with Crippen molar-refractivity contribution < 1.29 is 59.4 Å². The summed E-state index contributed by atoms with van der Waals surface area (Å²) in [5.41, 5.74) is 0.992. The Morgan fingerprint density at radius 2 is 1.63 bits per heavy atom. The number of aryl methyl sites for hydroxylation is 1. The minimum absolute atomic E-state index is 0.0726. The van der Waals surface area contributed by atoms with E-state index in [-0.39, 0.29) is 35.4 Å². The summed E-state index contributed by atoms with van der Waals surface area (Å²) >= 11 is 0. The molecule has 7 unspecified atom stereocenters. The molecule has 2 aromatic carbocycles. The highest BCUT2D eigenvalue weighted by atomic mass is 16.7. The number of phenols is 2. The van der Waals surface area contributed by atoms with Gasteiger partial charge in [0.25, 0.3) is 0 Å². The molecular formula is C26H36O12. The second kappa shape index (κ2) is 13.3. The van der Waals surface area contributed by atoms with Gasteiger partial charge >= 0.3 is 0 Å². The molecular weight excluding hydrogens is 504 g/mol. The molecule has 0 saturated carbocycles. The molecule has 7 N–H and O–H groups in total. The van der Waals surface area contributed by atoms with E-state index in [1.165, 1.54) is 38.5 Å². The van der Waals surface area contributed by atoms with E-state index in [4.69, 9.17) is 23.7 Å². The molecule has 0 bridgehead atoms. The van der Waals surface area contributed by atoms with Crippen LogP contribution in [0.5, 0.6) is 28.7 Å². The van der Waals surface area contributed by atoms with Crippen LogP contribution in [-0.2, 0) is 15.9 Å². The highest BCUT2D eigenvalue weighted by molar-refractivity contribution is 5.53. The van der Waals surface area contributed by atoms with E-state index in [1.807, 2.05) is 0 Å². The van der Waals surface area contributed by atoms with E-state index in [1.54, 1.807) is 13.0 Å². The largest absolute Gasteiger partial charge is 0.504 e. The lowest BCUT2D eigenvalue weighted by molar-refractivity contribution is -0.293. The maximum Gasteiger partial charge on any atom is 0.203 e. The molecule has 38 heavy (non-hydrogen) atoms. The Balaban J connectivity index is 1.63. The van der Waals surface area contributed by atoms with E-state index in [0.29, 0.717) is 24.0 Å². The lowest BCUT2D eigenvalue weighted by atomic mass is 10.00. The molecule has 0 aromatic heterocycles. The van der Waals surface area contributed by atoms with Crippen molar-refractivity contribution in [1.29, 1.82) is 0 Å². The lowest BCUT2D eigenvalue weighted by Gasteiger charge is -2.38. The summed E-state index contributed by atoms with van der Waals surface area (Å²) < 4.78 is 27.1. The first kappa shape index (κ1) is 29.7. The number of aromatic hydroxyl groups is 2. The van der Waals surface area contributed by atoms with Crippen LogP contribution in [0.4, 0.5) is 0 Å². The molecule has 1 aliphatic rings. The van der Waals surface area contributed by atoms with Gasteiger partial charge in [-0.2, -0.15) is 0 Å². The SMILES string of the molecule is COc1cc(C(O)C(CO)Oc2c(O)cc(CCCOC3OC(C)C(O)C(O)C3O)cc2OC)ccc1O. The molecule has 2 aromatic rings. The summed E-state index contributed by atoms with van der Waals surface area (Å²) in [4.78, 5) is 0. The third-order valence-electron chi connectivity index (χ3n) is 6.36. The molecule has 12 heteroatoms. The molecule has 212 valence electrons. The van der Waals surface area contributed by atoms with Crippen molar-refractivity contribution in [3.8, 4) is 28.7 Å².